The van der Waals surface area contributed by atoms with Crippen LogP contribution in [-0.4, -0.2) is 38.4 Å². The fourth-order valence-electron chi connectivity index (χ4n) is 2.49. The Morgan fingerprint density at radius 1 is 1.37 bits per heavy atom. The van der Waals surface area contributed by atoms with Gasteiger partial charge in [-0.1, -0.05) is 6.07 Å². The van der Waals surface area contributed by atoms with Crippen LogP contribution in [-0.2, 0) is 9.47 Å². The van der Waals surface area contributed by atoms with E-state index in [0.717, 1.165) is 18.8 Å². The lowest BCUT2D eigenvalue weighted by Crippen LogP contribution is -2.45. The molecule has 2 rings (SSSR count). The number of hydrogen-bond donors (Lipinski definition) is 1. The molecule has 0 saturated carbocycles. The summed E-state index contributed by atoms with van der Waals surface area (Å²) >= 11 is 0. The number of methoxy groups -OCH3 is 1. The van der Waals surface area contributed by atoms with E-state index < -0.39 is 5.97 Å². The number of carbonyl (C=O) groups is 1. The van der Waals surface area contributed by atoms with Crippen molar-refractivity contribution in [1.29, 1.82) is 0 Å². The first-order chi connectivity index (χ1) is 9.02. The quantitative estimate of drug-likeness (QED) is 0.650. The lowest BCUT2D eigenvalue weighted by atomic mass is 10.1. The van der Waals surface area contributed by atoms with Gasteiger partial charge >= 0.3 is 5.97 Å². The molecule has 1 fully saturated rings. The van der Waals surface area contributed by atoms with Gasteiger partial charge in [-0.3, -0.25) is 0 Å². The predicted octanol–water partition coefficient (Wildman–Crippen LogP) is 1.67. The number of rotatable bonds is 2. The average Bonchev–Trinajstić information content (AvgIpc) is 2.37. The summed E-state index contributed by atoms with van der Waals surface area (Å²) in [4.78, 5) is 13.8. The summed E-state index contributed by atoms with van der Waals surface area (Å²) in [6.45, 7) is 5.59. The maximum absolute atomic E-state index is 11.7. The second-order valence-electron chi connectivity index (χ2n) is 4.89. The number of morpholine rings is 1. The summed E-state index contributed by atoms with van der Waals surface area (Å²) in [5.74, 6) is -0.409. The molecular formula is C14H20N2O3. The molecule has 5 nitrogen and oxygen atoms in total. The molecule has 0 aliphatic carbocycles. The molecule has 2 atom stereocenters. The van der Waals surface area contributed by atoms with Gasteiger partial charge in [-0.25, -0.2) is 4.79 Å². The standard InChI is InChI=1S/C14H20N2O3/c1-9-7-16(8-10(2)19-9)12-6-4-5-11(13(12)15)14(17)18-3/h4-6,9-10H,7-8,15H2,1-3H3/t9-,10+. The van der Waals surface area contributed by atoms with Crippen molar-refractivity contribution in [2.45, 2.75) is 26.1 Å². The van der Waals surface area contributed by atoms with Crippen molar-refractivity contribution >= 4 is 17.3 Å². The minimum absolute atomic E-state index is 0.143. The Bertz CT molecular complexity index is 466. The molecule has 0 spiro atoms. The predicted molar refractivity (Wildman–Crippen MR) is 74.4 cm³/mol. The molecule has 0 bridgehead atoms. The summed E-state index contributed by atoms with van der Waals surface area (Å²) in [5, 5.41) is 0. The average molecular weight is 264 g/mol. The van der Waals surface area contributed by atoms with Crippen LogP contribution in [0.4, 0.5) is 11.4 Å². The smallest absolute Gasteiger partial charge is 0.340 e. The van der Waals surface area contributed by atoms with E-state index in [-0.39, 0.29) is 12.2 Å². The largest absolute Gasteiger partial charge is 0.465 e. The zero-order valence-corrected chi connectivity index (χ0v) is 11.6. The first-order valence-corrected chi connectivity index (χ1v) is 6.40. The summed E-state index contributed by atoms with van der Waals surface area (Å²) in [6, 6.07) is 5.42. The van der Waals surface area contributed by atoms with Gasteiger partial charge in [0.15, 0.2) is 0 Å². The molecule has 1 heterocycles. The Hall–Kier alpha value is -1.75. The van der Waals surface area contributed by atoms with Gasteiger partial charge in [-0.05, 0) is 26.0 Å². The number of para-hydroxylation sites is 1. The summed E-state index contributed by atoms with van der Waals surface area (Å²) in [5.41, 5.74) is 7.84. The zero-order valence-electron chi connectivity index (χ0n) is 11.6. The van der Waals surface area contributed by atoms with Gasteiger partial charge < -0.3 is 20.1 Å². The molecular weight excluding hydrogens is 244 g/mol. The van der Waals surface area contributed by atoms with Crippen LogP contribution in [0.25, 0.3) is 0 Å². The van der Waals surface area contributed by atoms with E-state index >= 15 is 0 Å². The molecule has 1 aliphatic heterocycles. The van der Waals surface area contributed by atoms with Crippen molar-refractivity contribution in [2.24, 2.45) is 0 Å². The maximum atomic E-state index is 11.7. The highest BCUT2D eigenvalue weighted by Gasteiger charge is 2.25. The number of nitrogen functional groups attached to an aromatic ring is 1. The molecule has 2 N–H and O–H groups in total. The summed E-state index contributed by atoms with van der Waals surface area (Å²) < 4.78 is 10.4. The molecule has 1 aliphatic rings. The van der Waals surface area contributed by atoms with E-state index in [1.165, 1.54) is 7.11 Å². The van der Waals surface area contributed by atoms with Crippen molar-refractivity contribution in [3.63, 3.8) is 0 Å². The monoisotopic (exact) mass is 264 g/mol. The van der Waals surface area contributed by atoms with Gasteiger partial charge in [0.25, 0.3) is 0 Å². The van der Waals surface area contributed by atoms with Crippen LogP contribution in [0.1, 0.15) is 24.2 Å². The van der Waals surface area contributed by atoms with Gasteiger partial charge in [-0.15, -0.1) is 0 Å². The second kappa shape index (κ2) is 5.48. The lowest BCUT2D eigenvalue weighted by Gasteiger charge is -2.37. The minimum Gasteiger partial charge on any atom is -0.465 e. The number of nitrogens with two attached hydrogens (primary N) is 1. The van der Waals surface area contributed by atoms with E-state index in [1.54, 1.807) is 6.07 Å². The topological polar surface area (TPSA) is 64.8 Å². The van der Waals surface area contributed by atoms with E-state index in [1.807, 2.05) is 26.0 Å². The highest BCUT2D eigenvalue weighted by molar-refractivity contribution is 5.98. The molecule has 0 unspecified atom stereocenters. The number of esters is 1. The molecule has 0 aromatic heterocycles. The number of anilines is 2. The third-order valence-electron chi connectivity index (χ3n) is 3.25. The Morgan fingerprint density at radius 3 is 2.58 bits per heavy atom. The maximum Gasteiger partial charge on any atom is 0.340 e. The van der Waals surface area contributed by atoms with E-state index in [0.29, 0.717) is 11.3 Å². The number of ether oxygens (including phenoxy) is 2. The molecule has 19 heavy (non-hydrogen) atoms. The third-order valence-corrected chi connectivity index (χ3v) is 3.25. The molecule has 0 radical (unpaired) electrons. The number of nitrogens with zero attached hydrogens (tertiary/aromatic N) is 1. The van der Waals surface area contributed by atoms with Gasteiger partial charge in [0.2, 0.25) is 0 Å². The molecule has 104 valence electrons. The zero-order chi connectivity index (χ0) is 14.0. The van der Waals surface area contributed by atoms with E-state index in [4.69, 9.17) is 15.2 Å². The Morgan fingerprint density at radius 2 is 2.00 bits per heavy atom. The van der Waals surface area contributed by atoms with Crippen molar-refractivity contribution in [2.75, 3.05) is 30.8 Å². The van der Waals surface area contributed by atoms with Crippen molar-refractivity contribution in [3.05, 3.63) is 23.8 Å². The summed E-state index contributed by atoms with van der Waals surface area (Å²) in [6.07, 6.45) is 0.287. The summed E-state index contributed by atoms with van der Waals surface area (Å²) in [7, 11) is 1.35. The first-order valence-electron chi connectivity index (χ1n) is 6.40. The third kappa shape index (κ3) is 2.81. The van der Waals surface area contributed by atoms with Crippen LogP contribution in [0.15, 0.2) is 18.2 Å². The van der Waals surface area contributed by atoms with Gasteiger partial charge in [0.1, 0.15) is 0 Å². The van der Waals surface area contributed by atoms with Crippen molar-refractivity contribution < 1.29 is 14.3 Å². The SMILES string of the molecule is COC(=O)c1cccc(N2C[C@@H](C)O[C@@H](C)C2)c1N. The normalized spacial score (nSPS) is 23.2. The van der Waals surface area contributed by atoms with Crippen LogP contribution in [0.5, 0.6) is 0 Å². The minimum atomic E-state index is -0.409. The fraction of sp³-hybridized carbons (Fsp3) is 0.500. The van der Waals surface area contributed by atoms with E-state index in [2.05, 4.69) is 4.90 Å². The van der Waals surface area contributed by atoms with Crippen molar-refractivity contribution in [1.82, 2.24) is 0 Å². The van der Waals surface area contributed by atoms with Gasteiger partial charge in [0, 0.05) is 13.1 Å². The van der Waals surface area contributed by atoms with Crippen molar-refractivity contribution in [3.8, 4) is 0 Å². The van der Waals surface area contributed by atoms with Crippen LogP contribution in [0.2, 0.25) is 0 Å². The Kier molecular flexibility index (Phi) is 3.95. The fourth-order valence-corrected chi connectivity index (χ4v) is 2.49. The number of carbonyl (C=O) groups excluding carboxylic acids is 1. The van der Waals surface area contributed by atoms with Crippen LogP contribution in [0, 0.1) is 0 Å². The van der Waals surface area contributed by atoms with Crippen LogP contribution < -0.4 is 10.6 Å². The highest BCUT2D eigenvalue weighted by Crippen LogP contribution is 2.29. The van der Waals surface area contributed by atoms with E-state index in [9.17, 15) is 4.79 Å². The number of benzene rings is 1. The molecule has 1 aromatic carbocycles. The Labute approximate surface area is 113 Å². The molecule has 5 heteroatoms. The molecule has 0 amide bonds. The first kappa shape index (κ1) is 13.7. The highest BCUT2D eigenvalue weighted by atomic mass is 16.5. The second-order valence-corrected chi connectivity index (χ2v) is 4.89. The number of hydrogen-bond acceptors (Lipinski definition) is 5. The van der Waals surface area contributed by atoms with Gasteiger partial charge in [-0.2, -0.15) is 0 Å². The van der Waals surface area contributed by atoms with Crippen LogP contribution in [0.3, 0.4) is 0 Å². The van der Waals surface area contributed by atoms with Crippen LogP contribution >= 0.6 is 0 Å². The molecule has 1 aromatic rings. The lowest BCUT2D eigenvalue weighted by molar-refractivity contribution is -0.00517. The Balaban J connectivity index is 2.32. The molecule has 1 saturated heterocycles. The van der Waals surface area contributed by atoms with Gasteiger partial charge in [0.05, 0.1) is 36.3 Å².